The van der Waals surface area contributed by atoms with Crippen LogP contribution < -0.4 is 0 Å². The highest BCUT2D eigenvalue weighted by molar-refractivity contribution is 5.74. The average molecular weight is 290 g/mol. The van der Waals surface area contributed by atoms with Crippen LogP contribution in [-0.4, -0.2) is 24.6 Å². The van der Waals surface area contributed by atoms with Crippen LogP contribution in [0.15, 0.2) is 24.3 Å². The minimum absolute atomic E-state index is 0.112. The number of benzene rings is 1. The van der Waals surface area contributed by atoms with Crippen LogP contribution in [0, 0.1) is 0 Å². The molecule has 0 atom stereocenters. The molecule has 0 bridgehead atoms. The lowest BCUT2D eigenvalue weighted by Crippen LogP contribution is -2.16. The van der Waals surface area contributed by atoms with Crippen molar-refractivity contribution in [3.63, 3.8) is 0 Å². The van der Waals surface area contributed by atoms with Gasteiger partial charge in [0.25, 0.3) is 0 Å². The van der Waals surface area contributed by atoms with Gasteiger partial charge in [0.05, 0.1) is 19.4 Å². The highest BCUT2D eigenvalue weighted by atomic mass is 16.5. The summed E-state index contributed by atoms with van der Waals surface area (Å²) in [6, 6.07) is 7.44. The Labute approximate surface area is 125 Å². The minimum Gasteiger partial charge on any atom is -0.466 e. The Kier molecular flexibility index (Phi) is 5.78. The van der Waals surface area contributed by atoms with Crippen LogP contribution in [0.3, 0.4) is 0 Å². The van der Waals surface area contributed by atoms with Gasteiger partial charge >= 0.3 is 11.9 Å². The summed E-state index contributed by atoms with van der Waals surface area (Å²) in [6.45, 7) is 2.18. The first-order valence-electron chi connectivity index (χ1n) is 7.60. The van der Waals surface area contributed by atoms with Crippen molar-refractivity contribution in [1.29, 1.82) is 0 Å². The highest BCUT2D eigenvalue weighted by Crippen LogP contribution is 2.21. The third kappa shape index (κ3) is 5.21. The zero-order valence-electron chi connectivity index (χ0n) is 12.5. The van der Waals surface area contributed by atoms with E-state index in [9.17, 15) is 9.59 Å². The van der Waals surface area contributed by atoms with Gasteiger partial charge in [-0.3, -0.25) is 9.59 Å². The van der Waals surface area contributed by atoms with Crippen LogP contribution >= 0.6 is 0 Å². The molecular weight excluding hydrogens is 268 g/mol. The summed E-state index contributed by atoms with van der Waals surface area (Å²) in [4.78, 5) is 23.2. The Hall–Kier alpha value is -1.84. The molecule has 114 valence electrons. The standard InChI is InChI=1S/C17H22O4/c1-2-20-16(18)11-13-7-9-14(10-8-13)12-17(19)21-15-5-3-4-6-15/h7-10,15H,2-6,11-12H2,1H3. The van der Waals surface area contributed by atoms with Crippen molar-refractivity contribution in [1.82, 2.24) is 0 Å². The summed E-state index contributed by atoms with van der Waals surface area (Å²) >= 11 is 0. The Morgan fingerprint density at radius 2 is 1.52 bits per heavy atom. The molecule has 0 aromatic heterocycles. The lowest BCUT2D eigenvalue weighted by molar-refractivity contribution is -0.148. The average Bonchev–Trinajstić information content (AvgIpc) is 2.94. The summed E-state index contributed by atoms with van der Waals surface area (Å²) in [5.41, 5.74) is 1.80. The first-order chi connectivity index (χ1) is 10.2. The van der Waals surface area contributed by atoms with Crippen molar-refractivity contribution in [3.8, 4) is 0 Å². The smallest absolute Gasteiger partial charge is 0.310 e. The largest absolute Gasteiger partial charge is 0.466 e. The number of hydrogen-bond donors (Lipinski definition) is 0. The molecule has 0 unspecified atom stereocenters. The molecular formula is C17H22O4. The highest BCUT2D eigenvalue weighted by Gasteiger charge is 2.19. The predicted molar refractivity (Wildman–Crippen MR) is 78.8 cm³/mol. The van der Waals surface area contributed by atoms with Crippen molar-refractivity contribution in [2.75, 3.05) is 6.61 Å². The van der Waals surface area contributed by atoms with E-state index < -0.39 is 0 Å². The molecule has 21 heavy (non-hydrogen) atoms. The predicted octanol–water partition coefficient (Wildman–Crippen LogP) is 2.82. The molecule has 0 heterocycles. The second-order valence-electron chi connectivity index (χ2n) is 5.37. The van der Waals surface area contributed by atoms with Crippen molar-refractivity contribution in [3.05, 3.63) is 35.4 Å². The molecule has 1 aliphatic carbocycles. The summed E-state index contributed by atoms with van der Waals surface area (Å²) in [5, 5.41) is 0. The summed E-state index contributed by atoms with van der Waals surface area (Å²) in [7, 11) is 0. The van der Waals surface area contributed by atoms with Gasteiger partial charge in [0, 0.05) is 0 Å². The SMILES string of the molecule is CCOC(=O)Cc1ccc(CC(=O)OC2CCCC2)cc1. The second-order valence-corrected chi connectivity index (χ2v) is 5.37. The van der Waals surface area contributed by atoms with Crippen LogP contribution in [0.25, 0.3) is 0 Å². The molecule has 0 radical (unpaired) electrons. The van der Waals surface area contributed by atoms with Gasteiger partial charge in [0.2, 0.25) is 0 Å². The molecule has 0 spiro atoms. The Balaban J connectivity index is 1.81. The van der Waals surface area contributed by atoms with Crippen molar-refractivity contribution < 1.29 is 19.1 Å². The van der Waals surface area contributed by atoms with Crippen LogP contribution in [0.4, 0.5) is 0 Å². The van der Waals surface area contributed by atoms with Gasteiger partial charge in [-0.1, -0.05) is 24.3 Å². The molecule has 1 saturated carbocycles. The maximum Gasteiger partial charge on any atom is 0.310 e. The molecule has 1 aromatic carbocycles. The zero-order chi connectivity index (χ0) is 15.1. The number of rotatable bonds is 6. The molecule has 0 amide bonds. The Bertz CT molecular complexity index is 472. The third-order valence-electron chi connectivity index (χ3n) is 3.63. The lowest BCUT2D eigenvalue weighted by Gasteiger charge is -2.11. The van der Waals surface area contributed by atoms with E-state index in [2.05, 4.69) is 0 Å². The molecule has 1 aromatic rings. The number of hydrogen-bond acceptors (Lipinski definition) is 4. The van der Waals surface area contributed by atoms with E-state index in [1.54, 1.807) is 6.92 Å². The topological polar surface area (TPSA) is 52.6 Å². The van der Waals surface area contributed by atoms with E-state index in [-0.39, 0.29) is 30.9 Å². The fraction of sp³-hybridized carbons (Fsp3) is 0.529. The number of carbonyl (C=O) groups excluding carboxylic acids is 2. The fourth-order valence-corrected chi connectivity index (χ4v) is 2.55. The van der Waals surface area contributed by atoms with E-state index in [1.807, 2.05) is 24.3 Å². The van der Waals surface area contributed by atoms with Crippen molar-refractivity contribution >= 4 is 11.9 Å². The van der Waals surface area contributed by atoms with E-state index in [4.69, 9.17) is 9.47 Å². The van der Waals surface area contributed by atoms with Gasteiger partial charge < -0.3 is 9.47 Å². The van der Waals surface area contributed by atoms with Crippen molar-refractivity contribution in [2.45, 2.75) is 51.6 Å². The molecule has 0 N–H and O–H groups in total. The van der Waals surface area contributed by atoms with Gasteiger partial charge in [-0.25, -0.2) is 0 Å². The molecule has 4 nitrogen and oxygen atoms in total. The second kappa shape index (κ2) is 7.81. The van der Waals surface area contributed by atoms with Crippen LogP contribution in [0.5, 0.6) is 0 Å². The van der Waals surface area contributed by atoms with Crippen molar-refractivity contribution in [2.24, 2.45) is 0 Å². The minimum atomic E-state index is -0.231. The van der Waals surface area contributed by atoms with Crippen LogP contribution in [0.2, 0.25) is 0 Å². The van der Waals surface area contributed by atoms with Gasteiger partial charge in [0.15, 0.2) is 0 Å². The summed E-state index contributed by atoms with van der Waals surface area (Å²) in [6.07, 6.45) is 4.95. The maximum absolute atomic E-state index is 11.8. The van der Waals surface area contributed by atoms with E-state index in [1.165, 1.54) is 0 Å². The van der Waals surface area contributed by atoms with Gasteiger partial charge in [-0.15, -0.1) is 0 Å². The van der Waals surface area contributed by atoms with Crippen LogP contribution in [0.1, 0.15) is 43.7 Å². The first kappa shape index (κ1) is 15.5. The van der Waals surface area contributed by atoms with Gasteiger partial charge in [-0.2, -0.15) is 0 Å². The van der Waals surface area contributed by atoms with Gasteiger partial charge in [-0.05, 0) is 43.7 Å². The van der Waals surface area contributed by atoms with E-state index >= 15 is 0 Å². The molecule has 2 rings (SSSR count). The van der Waals surface area contributed by atoms with Gasteiger partial charge in [0.1, 0.15) is 6.10 Å². The number of ether oxygens (including phenoxy) is 2. The first-order valence-corrected chi connectivity index (χ1v) is 7.60. The number of carbonyl (C=O) groups is 2. The van der Waals surface area contributed by atoms with Crippen LogP contribution in [-0.2, 0) is 31.9 Å². The number of esters is 2. The van der Waals surface area contributed by atoms with E-state index in [0.29, 0.717) is 6.61 Å². The lowest BCUT2D eigenvalue weighted by atomic mass is 10.1. The summed E-state index contributed by atoms with van der Waals surface area (Å²) < 4.78 is 10.3. The normalized spacial score (nSPS) is 14.9. The monoisotopic (exact) mass is 290 g/mol. The zero-order valence-corrected chi connectivity index (χ0v) is 12.5. The molecule has 1 aliphatic rings. The Morgan fingerprint density at radius 1 is 1.00 bits per heavy atom. The van der Waals surface area contributed by atoms with E-state index in [0.717, 1.165) is 36.8 Å². The maximum atomic E-state index is 11.8. The molecule has 0 aliphatic heterocycles. The third-order valence-corrected chi connectivity index (χ3v) is 3.63. The fourth-order valence-electron chi connectivity index (χ4n) is 2.55. The summed E-state index contributed by atoms with van der Waals surface area (Å²) in [5.74, 6) is -0.397. The quantitative estimate of drug-likeness (QED) is 0.756. The Morgan fingerprint density at radius 3 is 2.05 bits per heavy atom. The molecule has 4 heteroatoms. The molecule has 0 saturated heterocycles. The molecule has 1 fully saturated rings.